The van der Waals surface area contributed by atoms with E-state index in [2.05, 4.69) is 65.9 Å². The van der Waals surface area contributed by atoms with Crippen molar-refractivity contribution in [1.82, 2.24) is 25.5 Å². The lowest BCUT2D eigenvalue weighted by Crippen LogP contribution is -2.17. The lowest BCUT2D eigenvalue weighted by atomic mass is 9.84. The van der Waals surface area contributed by atoms with Gasteiger partial charge in [-0.15, -0.1) is 0 Å². The first kappa shape index (κ1) is 23.3. The number of halogens is 1. The molecule has 0 radical (unpaired) electrons. The maximum absolute atomic E-state index is 11.9. The van der Waals surface area contributed by atoms with Gasteiger partial charge in [0.25, 0.3) is 5.91 Å². The average Bonchev–Trinajstić information content (AvgIpc) is 3.30. The molecule has 9 heteroatoms. The van der Waals surface area contributed by atoms with Gasteiger partial charge in [-0.05, 0) is 95.7 Å². The smallest absolute Gasteiger partial charge is 0.251 e. The van der Waals surface area contributed by atoms with E-state index in [-0.39, 0.29) is 5.91 Å². The molecule has 5 rings (SSSR count). The summed E-state index contributed by atoms with van der Waals surface area (Å²) in [5.74, 6) is 1.88. The van der Waals surface area contributed by atoms with Crippen LogP contribution in [0.3, 0.4) is 0 Å². The molecule has 4 N–H and O–H groups in total. The van der Waals surface area contributed by atoms with Crippen molar-refractivity contribution in [2.75, 3.05) is 17.7 Å². The van der Waals surface area contributed by atoms with Crippen LogP contribution in [0.5, 0.6) is 0 Å². The third-order valence-corrected chi connectivity index (χ3v) is 6.95. The Hall–Kier alpha value is -3.47. The number of rotatable bonds is 6. The summed E-state index contributed by atoms with van der Waals surface area (Å²) in [4.78, 5) is 21.1. The molecule has 4 aromatic rings. The fourth-order valence-corrected chi connectivity index (χ4v) is 4.83. The van der Waals surface area contributed by atoms with Crippen molar-refractivity contribution in [3.8, 4) is 11.1 Å². The fourth-order valence-electron chi connectivity index (χ4n) is 4.44. The Kier molecular flexibility index (Phi) is 6.67. The molecule has 35 heavy (non-hydrogen) atoms. The monoisotopic (exact) mass is 579 g/mol. The van der Waals surface area contributed by atoms with Crippen LogP contribution < -0.4 is 16.0 Å². The molecule has 0 bridgehead atoms. The van der Waals surface area contributed by atoms with Gasteiger partial charge in [-0.1, -0.05) is 18.2 Å². The maximum atomic E-state index is 11.9. The number of carbonyl (C=O) groups excluding carboxylic acids is 1. The zero-order valence-corrected chi connectivity index (χ0v) is 21.7. The molecule has 0 saturated heterocycles. The van der Waals surface area contributed by atoms with Crippen LogP contribution in [0.2, 0.25) is 0 Å². The number of hydrogen-bond donors (Lipinski definition) is 4. The Labute approximate surface area is 217 Å². The largest absolute Gasteiger partial charge is 0.355 e. The SMILES string of the molecule is CNC(=O)c1ccc(-c2ccc(Nc3ncc(I)c(Nc4cc(C)[nH]n4)n3)c3c2CCCC3)cc1. The van der Waals surface area contributed by atoms with E-state index in [9.17, 15) is 4.79 Å². The van der Waals surface area contributed by atoms with Crippen LogP contribution >= 0.6 is 22.6 Å². The number of fused-ring (bicyclic) bond motifs is 1. The number of aromatic nitrogens is 4. The number of amides is 1. The normalized spacial score (nSPS) is 12.7. The highest BCUT2D eigenvalue weighted by molar-refractivity contribution is 14.1. The van der Waals surface area contributed by atoms with Gasteiger partial charge < -0.3 is 16.0 Å². The summed E-state index contributed by atoms with van der Waals surface area (Å²) in [5.41, 5.74) is 7.67. The number of nitrogens with zero attached hydrogens (tertiary/aromatic N) is 3. The van der Waals surface area contributed by atoms with Crippen molar-refractivity contribution in [3.63, 3.8) is 0 Å². The highest BCUT2D eigenvalue weighted by Gasteiger charge is 2.19. The number of aryl methyl sites for hydroxylation is 1. The number of benzene rings is 2. The van der Waals surface area contributed by atoms with Crippen LogP contribution in [0.15, 0.2) is 48.7 Å². The van der Waals surface area contributed by atoms with Gasteiger partial charge in [0.2, 0.25) is 5.95 Å². The molecular weight excluding hydrogens is 553 g/mol. The van der Waals surface area contributed by atoms with E-state index in [1.54, 1.807) is 13.2 Å². The highest BCUT2D eigenvalue weighted by atomic mass is 127. The van der Waals surface area contributed by atoms with Crippen molar-refractivity contribution in [2.24, 2.45) is 0 Å². The van der Waals surface area contributed by atoms with Gasteiger partial charge in [0, 0.05) is 36.3 Å². The Morgan fingerprint density at radius 3 is 2.51 bits per heavy atom. The summed E-state index contributed by atoms with van der Waals surface area (Å²) >= 11 is 2.22. The Morgan fingerprint density at radius 1 is 1.03 bits per heavy atom. The highest BCUT2D eigenvalue weighted by Crippen LogP contribution is 2.37. The van der Waals surface area contributed by atoms with E-state index in [1.165, 1.54) is 16.7 Å². The van der Waals surface area contributed by atoms with Crippen LogP contribution in [0.4, 0.5) is 23.3 Å². The molecule has 0 aliphatic heterocycles. The number of anilines is 4. The first-order valence-electron chi connectivity index (χ1n) is 11.6. The molecule has 2 heterocycles. The van der Waals surface area contributed by atoms with Gasteiger partial charge in [-0.3, -0.25) is 9.89 Å². The number of nitrogens with one attached hydrogen (secondary N) is 4. The van der Waals surface area contributed by atoms with E-state index in [0.29, 0.717) is 23.1 Å². The molecule has 0 unspecified atom stereocenters. The quantitative estimate of drug-likeness (QED) is 0.225. The van der Waals surface area contributed by atoms with Crippen molar-refractivity contribution in [3.05, 3.63) is 74.6 Å². The van der Waals surface area contributed by atoms with Crippen molar-refractivity contribution in [1.29, 1.82) is 0 Å². The van der Waals surface area contributed by atoms with Crippen molar-refractivity contribution < 1.29 is 4.79 Å². The molecule has 0 fully saturated rings. The van der Waals surface area contributed by atoms with Gasteiger partial charge in [0.05, 0.1) is 3.57 Å². The summed E-state index contributed by atoms with van der Waals surface area (Å²) in [5, 5.41) is 16.6. The van der Waals surface area contributed by atoms with Crippen LogP contribution in [0, 0.1) is 10.5 Å². The molecule has 1 amide bonds. The Bertz CT molecular complexity index is 1380. The molecule has 178 valence electrons. The Balaban J connectivity index is 1.44. The zero-order chi connectivity index (χ0) is 24.4. The third-order valence-electron chi connectivity index (χ3n) is 6.16. The molecule has 2 aromatic carbocycles. The first-order chi connectivity index (χ1) is 17.0. The average molecular weight is 579 g/mol. The van der Waals surface area contributed by atoms with E-state index in [0.717, 1.165) is 46.2 Å². The van der Waals surface area contributed by atoms with Gasteiger partial charge in [0.15, 0.2) is 11.6 Å². The van der Waals surface area contributed by atoms with Crippen LogP contribution in [-0.4, -0.2) is 33.1 Å². The zero-order valence-electron chi connectivity index (χ0n) is 19.6. The maximum Gasteiger partial charge on any atom is 0.251 e. The molecule has 0 spiro atoms. The van der Waals surface area contributed by atoms with Gasteiger partial charge in [0.1, 0.15) is 0 Å². The molecule has 8 nitrogen and oxygen atoms in total. The molecular formula is C26H26IN7O. The summed E-state index contributed by atoms with van der Waals surface area (Å²) in [6, 6.07) is 14.0. The minimum atomic E-state index is -0.0769. The van der Waals surface area contributed by atoms with Gasteiger partial charge >= 0.3 is 0 Å². The number of hydrogen-bond acceptors (Lipinski definition) is 6. The summed E-state index contributed by atoms with van der Waals surface area (Å²) < 4.78 is 0.909. The molecule has 1 aliphatic rings. The summed E-state index contributed by atoms with van der Waals surface area (Å²) in [7, 11) is 1.65. The summed E-state index contributed by atoms with van der Waals surface area (Å²) in [6.45, 7) is 1.96. The number of carbonyl (C=O) groups is 1. The van der Waals surface area contributed by atoms with Gasteiger partial charge in [-0.2, -0.15) is 10.1 Å². The van der Waals surface area contributed by atoms with E-state index in [4.69, 9.17) is 4.98 Å². The second-order valence-electron chi connectivity index (χ2n) is 8.56. The van der Waals surface area contributed by atoms with Crippen LogP contribution in [0.25, 0.3) is 11.1 Å². The minimum absolute atomic E-state index is 0.0769. The van der Waals surface area contributed by atoms with E-state index >= 15 is 0 Å². The summed E-state index contributed by atoms with van der Waals surface area (Å²) in [6.07, 6.45) is 6.14. The topological polar surface area (TPSA) is 108 Å². The van der Waals surface area contributed by atoms with E-state index < -0.39 is 0 Å². The van der Waals surface area contributed by atoms with Crippen LogP contribution in [-0.2, 0) is 12.8 Å². The lowest BCUT2D eigenvalue weighted by Gasteiger charge is -2.23. The lowest BCUT2D eigenvalue weighted by molar-refractivity contribution is 0.0963. The van der Waals surface area contributed by atoms with Crippen molar-refractivity contribution in [2.45, 2.75) is 32.6 Å². The predicted molar refractivity (Wildman–Crippen MR) is 147 cm³/mol. The first-order valence-corrected chi connectivity index (χ1v) is 12.7. The molecule has 2 aromatic heterocycles. The molecule has 1 aliphatic carbocycles. The number of aromatic amines is 1. The minimum Gasteiger partial charge on any atom is -0.355 e. The van der Waals surface area contributed by atoms with Crippen molar-refractivity contribution >= 4 is 51.8 Å². The van der Waals surface area contributed by atoms with Gasteiger partial charge in [-0.25, -0.2) is 4.98 Å². The second-order valence-corrected chi connectivity index (χ2v) is 9.72. The standard InChI is InChI=1S/C26H26IN7O/c1-15-13-23(34-33-15)31-24-21(27)14-29-26(32-24)30-22-12-11-18(19-5-3-4-6-20(19)22)16-7-9-17(10-8-16)25(35)28-2/h7-14H,3-6H2,1-2H3,(H,28,35)(H3,29,30,31,32,33,34). The fraction of sp³-hybridized carbons (Fsp3) is 0.231. The Morgan fingerprint density at radius 2 is 1.80 bits per heavy atom. The second kappa shape index (κ2) is 10.0. The third kappa shape index (κ3) is 5.00. The molecule has 0 atom stereocenters. The van der Waals surface area contributed by atoms with E-state index in [1.807, 2.05) is 37.3 Å². The van der Waals surface area contributed by atoms with Crippen LogP contribution in [0.1, 0.15) is 40.0 Å². The predicted octanol–water partition coefficient (Wildman–Crippen LogP) is 5.51. The molecule has 0 saturated carbocycles. The number of H-pyrrole nitrogens is 1.